The van der Waals surface area contributed by atoms with Crippen molar-refractivity contribution in [1.29, 1.82) is 0 Å². The summed E-state index contributed by atoms with van der Waals surface area (Å²) < 4.78 is 31.7. The molecule has 0 saturated heterocycles. The molecule has 2 aromatic rings. The van der Waals surface area contributed by atoms with E-state index in [-0.39, 0.29) is 11.3 Å². The molecule has 0 fully saturated rings. The highest BCUT2D eigenvalue weighted by atomic mass is 19.1. The second kappa shape index (κ2) is 6.22. The van der Waals surface area contributed by atoms with Gasteiger partial charge in [-0.1, -0.05) is 12.1 Å². The lowest BCUT2D eigenvalue weighted by Gasteiger charge is -2.20. The summed E-state index contributed by atoms with van der Waals surface area (Å²) in [4.78, 5) is 0. The molecule has 0 unspecified atom stereocenters. The molecule has 2 nitrogen and oxygen atoms in total. The van der Waals surface area contributed by atoms with Gasteiger partial charge in [-0.25, -0.2) is 8.78 Å². The second-order valence-electron chi connectivity index (χ2n) is 5.92. The van der Waals surface area contributed by atoms with Crippen LogP contribution >= 0.6 is 0 Å². The lowest BCUT2D eigenvalue weighted by Crippen LogP contribution is -2.34. The summed E-state index contributed by atoms with van der Waals surface area (Å²) in [5, 5.41) is 3.38. The van der Waals surface area contributed by atoms with Gasteiger partial charge in [0.25, 0.3) is 0 Å². The van der Waals surface area contributed by atoms with Gasteiger partial charge in [0.2, 0.25) is 0 Å². The van der Waals surface area contributed by atoms with Crippen LogP contribution in [0, 0.1) is 11.6 Å². The van der Waals surface area contributed by atoms with Crippen molar-refractivity contribution >= 4 is 0 Å². The van der Waals surface area contributed by atoms with Crippen LogP contribution in [0.5, 0.6) is 11.5 Å². The first-order valence-electron chi connectivity index (χ1n) is 6.80. The van der Waals surface area contributed by atoms with Crippen LogP contribution in [0.25, 0.3) is 0 Å². The molecule has 0 atom stereocenters. The first-order chi connectivity index (χ1) is 9.83. The standard InChI is InChI=1S/C17H19F2NO/c1-17(2,3)20-11-12-4-7-14(8-5-12)21-16-9-6-13(18)10-15(16)19/h4-10,20H,11H2,1-3H3. The van der Waals surface area contributed by atoms with Crippen LogP contribution < -0.4 is 10.1 Å². The normalized spacial score (nSPS) is 11.5. The van der Waals surface area contributed by atoms with Gasteiger partial charge in [0.05, 0.1) is 0 Å². The Labute approximate surface area is 123 Å². The molecule has 1 N–H and O–H groups in total. The van der Waals surface area contributed by atoms with E-state index in [2.05, 4.69) is 26.1 Å². The van der Waals surface area contributed by atoms with Crippen molar-refractivity contribution in [2.75, 3.05) is 0 Å². The van der Waals surface area contributed by atoms with Crippen molar-refractivity contribution in [2.24, 2.45) is 0 Å². The second-order valence-corrected chi connectivity index (χ2v) is 5.92. The number of hydrogen-bond donors (Lipinski definition) is 1. The van der Waals surface area contributed by atoms with Crippen molar-refractivity contribution < 1.29 is 13.5 Å². The molecule has 0 aliphatic heterocycles. The molecule has 0 bridgehead atoms. The van der Waals surface area contributed by atoms with E-state index in [1.165, 1.54) is 12.1 Å². The fourth-order valence-corrected chi connectivity index (χ4v) is 1.73. The summed E-state index contributed by atoms with van der Waals surface area (Å²) in [6.45, 7) is 7.04. The summed E-state index contributed by atoms with van der Waals surface area (Å²) in [6, 6.07) is 10.6. The highest BCUT2D eigenvalue weighted by Crippen LogP contribution is 2.25. The number of nitrogens with one attached hydrogen (secondary N) is 1. The fraction of sp³-hybridized carbons (Fsp3) is 0.294. The summed E-state index contributed by atoms with van der Waals surface area (Å²) >= 11 is 0. The van der Waals surface area contributed by atoms with Crippen LogP contribution in [0.2, 0.25) is 0 Å². The van der Waals surface area contributed by atoms with Crippen LogP contribution in [0.15, 0.2) is 42.5 Å². The zero-order chi connectivity index (χ0) is 15.5. The Morgan fingerprint density at radius 3 is 2.24 bits per heavy atom. The van der Waals surface area contributed by atoms with Crippen molar-refractivity contribution in [1.82, 2.24) is 5.32 Å². The van der Waals surface area contributed by atoms with Gasteiger partial charge in [0.1, 0.15) is 11.6 Å². The third kappa shape index (κ3) is 4.83. The maximum atomic E-state index is 13.5. The maximum Gasteiger partial charge on any atom is 0.168 e. The van der Waals surface area contributed by atoms with Crippen LogP contribution in [-0.4, -0.2) is 5.54 Å². The molecule has 0 aromatic heterocycles. The first-order valence-corrected chi connectivity index (χ1v) is 6.80. The molecule has 0 aliphatic carbocycles. The topological polar surface area (TPSA) is 21.3 Å². The quantitative estimate of drug-likeness (QED) is 0.885. The van der Waals surface area contributed by atoms with Crippen molar-refractivity contribution in [3.63, 3.8) is 0 Å². The molecular weight excluding hydrogens is 272 g/mol. The number of ether oxygens (including phenoxy) is 1. The molecule has 21 heavy (non-hydrogen) atoms. The molecule has 0 spiro atoms. The Hall–Kier alpha value is -1.94. The van der Waals surface area contributed by atoms with E-state index in [0.717, 1.165) is 18.2 Å². The molecule has 0 radical (unpaired) electrons. The number of hydrogen-bond acceptors (Lipinski definition) is 2. The fourth-order valence-electron chi connectivity index (χ4n) is 1.73. The van der Waals surface area contributed by atoms with Crippen LogP contribution in [0.4, 0.5) is 8.78 Å². The highest BCUT2D eigenvalue weighted by molar-refractivity contribution is 5.34. The number of benzene rings is 2. The summed E-state index contributed by atoms with van der Waals surface area (Å²) in [7, 11) is 0. The molecule has 4 heteroatoms. The highest BCUT2D eigenvalue weighted by Gasteiger charge is 2.09. The Morgan fingerprint density at radius 1 is 1.00 bits per heavy atom. The summed E-state index contributed by atoms with van der Waals surface area (Å²) in [6.07, 6.45) is 0. The minimum absolute atomic E-state index is 0.0111. The molecule has 0 heterocycles. The van der Waals surface area contributed by atoms with Gasteiger partial charge < -0.3 is 10.1 Å². The molecule has 112 valence electrons. The molecule has 0 saturated carbocycles. The van der Waals surface area contributed by atoms with Gasteiger partial charge in [-0.2, -0.15) is 0 Å². The van der Waals surface area contributed by atoms with E-state index in [9.17, 15) is 8.78 Å². The zero-order valence-electron chi connectivity index (χ0n) is 12.4. The predicted molar refractivity (Wildman–Crippen MR) is 79.5 cm³/mol. The first kappa shape index (κ1) is 15.4. The Morgan fingerprint density at radius 2 is 1.67 bits per heavy atom. The molecule has 2 rings (SSSR count). The van der Waals surface area contributed by atoms with Gasteiger partial charge in [-0.15, -0.1) is 0 Å². The van der Waals surface area contributed by atoms with Crippen molar-refractivity contribution in [2.45, 2.75) is 32.9 Å². The smallest absolute Gasteiger partial charge is 0.168 e. The van der Waals surface area contributed by atoms with E-state index in [1.54, 1.807) is 12.1 Å². The molecular formula is C17H19F2NO. The zero-order valence-corrected chi connectivity index (χ0v) is 12.4. The summed E-state index contributed by atoms with van der Waals surface area (Å²) in [5.41, 5.74) is 1.16. The monoisotopic (exact) mass is 291 g/mol. The van der Waals surface area contributed by atoms with Crippen LogP contribution in [-0.2, 0) is 6.54 Å². The average molecular weight is 291 g/mol. The van der Waals surface area contributed by atoms with Crippen molar-refractivity contribution in [3.8, 4) is 11.5 Å². The Bertz CT molecular complexity index is 603. The molecule has 0 amide bonds. The van der Waals surface area contributed by atoms with E-state index < -0.39 is 11.6 Å². The molecule has 2 aromatic carbocycles. The van der Waals surface area contributed by atoms with E-state index in [1.807, 2.05) is 12.1 Å². The largest absolute Gasteiger partial charge is 0.454 e. The van der Waals surface area contributed by atoms with Gasteiger partial charge in [0, 0.05) is 18.2 Å². The number of halogens is 2. The van der Waals surface area contributed by atoms with E-state index >= 15 is 0 Å². The molecule has 0 aliphatic rings. The van der Waals surface area contributed by atoms with Gasteiger partial charge >= 0.3 is 0 Å². The van der Waals surface area contributed by atoms with E-state index in [0.29, 0.717) is 5.75 Å². The lowest BCUT2D eigenvalue weighted by atomic mass is 10.1. The predicted octanol–water partition coefficient (Wildman–Crippen LogP) is 4.65. The van der Waals surface area contributed by atoms with Gasteiger partial charge in [-0.05, 0) is 50.6 Å². The van der Waals surface area contributed by atoms with E-state index in [4.69, 9.17) is 4.74 Å². The lowest BCUT2D eigenvalue weighted by molar-refractivity contribution is 0.423. The Balaban J connectivity index is 2.02. The Kier molecular flexibility index (Phi) is 4.58. The van der Waals surface area contributed by atoms with Gasteiger partial charge in [-0.3, -0.25) is 0 Å². The van der Waals surface area contributed by atoms with Crippen LogP contribution in [0.1, 0.15) is 26.3 Å². The van der Waals surface area contributed by atoms with Crippen molar-refractivity contribution in [3.05, 3.63) is 59.7 Å². The SMILES string of the molecule is CC(C)(C)NCc1ccc(Oc2ccc(F)cc2F)cc1. The van der Waals surface area contributed by atoms with Gasteiger partial charge in [0.15, 0.2) is 11.6 Å². The third-order valence-corrected chi connectivity index (χ3v) is 2.87. The summed E-state index contributed by atoms with van der Waals surface area (Å²) in [5.74, 6) is -0.811. The third-order valence-electron chi connectivity index (χ3n) is 2.87. The average Bonchev–Trinajstić information content (AvgIpc) is 2.40. The maximum absolute atomic E-state index is 13.5. The minimum Gasteiger partial charge on any atom is -0.454 e. The number of rotatable bonds is 4. The minimum atomic E-state index is -0.714. The van der Waals surface area contributed by atoms with Crippen LogP contribution in [0.3, 0.4) is 0 Å².